The Labute approximate surface area is 216 Å². The van der Waals surface area contributed by atoms with E-state index in [9.17, 15) is 5.11 Å². The Kier molecular flexibility index (Phi) is 4.77. The molecule has 1 aliphatic heterocycles. The van der Waals surface area contributed by atoms with Gasteiger partial charge in [-0.2, -0.15) is 6.07 Å². The molecule has 4 heterocycles. The predicted octanol–water partition coefficient (Wildman–Crippen LogP) is 6.66. The number of hydrogen-bond donors (Lipinski definition) is 1. The molecule has 0 unspecified atom stereocenters. The molecule has 0 saturated carbocycles. The zero-order chi connectivity index (χ0) is 23.0. The predicted molar refractivity (Wildman–Crippen MR) is 133 cm³/mol. The third-order valence-electron chi connectivity index (χ3n) is 6.90. The van der Waals surface area contributed by atoms with Gasteiger partial charge in [0.2, 0.25) is 5.88 Å². The molecule has 3 aromatic heterocycles. The summed E-state index contributed by atoms with van der Waals surface area (Å²) in [6, 6.07) is 27.1. The number of benzene rings is 3. The molecule has 3 aromatic carbocycles. The summed E-state index contributed by atoms with van der Waals surface area (Å²) in [6.07, 6.45) is 1.84. The van der Waals surface area contributed by atoms with Crippen LogP contribution < -0.4 is 4.74 Å². The second kappa shape index (κ2) is 7.66. The molecule has 0 amide bonds. The van der Waals surface area contributed by atoms with Gasteiger partial charge in [-0.05, 0) is 29.1 Å². The van der Waals surface area contributed by atoms with Gasteiger partial charge in [-0.15, -0.1) is 17.5 Å². The smallest absolute Gasteiger partial charge is 0.217 e. The second-order valence-corrected chi connectivity index (χ2v) is 9.22. The zero-order valence-electron chi connectivity index (χ0n) is 19.0. The van der Waals surface area contributed by atoms with E-state index < -0.39 is 0 Å². The van der Waals surface area contributed by atoms with Crippen molar-refractivity contribution in [3.8, 4) is 23.2 Å². The molecule has 174 valence electrons. The van der Waals surface area contributed by atoms with Crippen molar-refractivity contribution in [3.63, 3.8) is 0 Å². The number of aromatic nitrogens is 3. The van der Waals surface area contributed by atoms with Gasteiger partial charge in [-0.3, -0.25) is 0 Å². The SMILES string of the molecule is CC1(C)c2cccnc2-n2c3[c-]c(Oc4ccc5cccc(O)c5n4)ccc3c3cccc1c32.[Pt]. The molecule has 1 N–H and O–H groups in total. The molecule has 6 heteroatoms. The number of ether oxygens (including phenoxy) is 1. The molecule has 0 saturated heterocycles. The van der Waals surface area contributed by atoms with E-state index in [-0.39, 0.29) is 32.2 Å². The number of phenols is 1. The van der Waals surface area contributed by atoms with Gasteiger partial charge in [0.15, 0.2) is 0 Å². The first-order chi connectivity index (χ1) is 16.5. The number of aromatic hydroxyl groups is 1. The van der Waals surface area contributed by atoms with E-state index in [4.69, 9.17) is 9.72 Å². The summed E-state index contributed by atoms with van der Waals surface area (Å²) in [4.78, 5) is 9.29. The van der Waals surface area contributed by atoms with E-state index in [1.54, 1.807) is 18.2 Å². The first-order valence-corrected chi connectivity index (χ1v) is 11.2. The van der Waals surface area contributed by atoms with Crippen LogP contribution >= 0.6 is 0 Å². The number of para-hydroxylation sites is 2. The Bertz CT molecular complexity index is 1790. The Morgan fingerprint density at radius 2 is 1.71 bits per heavy atom. The minimum absolute atomic E-state index is 0. The Hall–Kier alpha value is -3.69. The third-order valence-corrected chi connectivity index (χ3v) is 6.90. The van der Waals surface area contributed by atoms with E-state index >= 15 is 0 Å². The molecule has 1 aliphatic rings. The molecule has 7 rings (SSSR count). The van der Waals surface area contributed by atoms with Gasteiger partial charge in [0.25, 0.3) is 0 Å². The maximum Gasteiger partial charge on any atom is 0.217 e. The molecule has 0 bridgehead atoms. The quantitative estimate of drug-likeness (QED) is 0.216. The Morgan fingerprint density at radius 3 is 2.60 bits per heavy atom. The minimum atomic E-state index is -0.163. The summed E-state index contributed by atoms with van der Waals surface area (Å²) >= 11 is 0. The van der Waals surface area contributed by atoms with E-state index in [0.717, 1.165) is 27.6 Å². The Balaban J connectivity index is 0.00000229. The maximum atomic E-state index is 10.2. The van der Waals surface area contributed by atoms with Crippen LogP contribution in [-0.2, 0) is 26.5 Å². The molecule has 0 fully saturated rings. The summed E-state index contributed by atoms with van der Waals surface area (Å²) in [7, 11) is 0. The number of phenolic OH excluding ortho intramolecular Hbond substituents is 1. The largest absolute Gasteiger partial charge is 0.506 e. The zero-order valence-corrected chi connectivity index (χ0v) is 21.3. The Morgan fingerprint density at radius 1 is 0.886 bits per heavy atom. The fraction of sp³-hybridized carbons (Fsp3) is 0.103. The van der Waals surface area contributed by atoms with Crippen LogP contribution in [0, 0.1) is 6.07 Å². The van der Waals surface area contributed by atoms with E-state index in [2.05, 4.69) is 59.8 Å². The number of nitrogens with zero attached hydrogens (tertiary/aromatic N) is 3. The summed E-state index contributed by atoms with van der Waals surface area (Å²) in [6.45, 7) is 4.50. The molecule has 5 nitrogen and oxygen atoms in total. The normalized spacial score (nSPS) is 13.5. The van der Waals surface area contributed by atoms with Crippen molar-refractivity contribution < 1.29 is 30.9 Å². The first kappa shape index (κ1) is 21.8. The van der Waals surface area contributed by atoms with Gasteiger partial charge in [-0.1, -0.05) is 55.8 Å². The van der Waals surface area contributed by atoms with Gasteiger partial charge in [0.1, 0.15) is 17.1 Å². The van der Waals surface area contributed by atoms with Gasteiger partial charge >= 0.3 is 0 Å². The van der Waals surface area contributed by atoms with Gasteiger partial charge in [0, 0.05) is 61.0 Å². The molecular formula is C29H20N3O2Pt-. The monoisotopic (exact) mass is 637 g/mol. The van der Waals surface area contributed by atoms with Crippen molar-refractivity contribution >= 4 is 32.7 Å². The van der Waals surface area contributed by atoms with Gasteiger partial charge in [-0.25, -0.2) is 9.97 Å². The molecular weight excluding hydrogens is 617 g/mol. The van der Waals surface area contributed by atoms with Crippen molar-refractivity contribution in [3.05, 3.63) is 96.2 Å². The van der Waals surface area contributed by atoms with Crippen molar-refractivity contribution in [2.45, 2.75) is 19.3 Å². The van der Waals surface area contributed by atoms with E-state index in [1.807, 2.05) is 30.5 Å². The van der Waals surface area contributed by atoms with Crippen LogP contribution in [0.5, 0.6) is 17.4 Å². The van der Waals surface area contributed by atoms with E-state index in [1.165, 1.54) is 16.5 Å². The number of hydrogen-bond acceptors (Lipinski definition) is 4. The van der Waals surface area contributed by atoms with Crippen LogP contribution in [0.3, 0.4) is 0 Å². The molecule has 0 aliphatic carbocycles. The third kappa shape index (κ3) is 3.05. The number of pyridine rings is 2. The van der Waals surface area contributed by atoms with E-state index in [0.29, 0.717) is 17.1 Å². The second-order valence-electron chi connectivity index (χ2n) is 9.22. The maximum absolute atomic E-state index is 10.2. The first-order valence-electron chi connectivity index (χ1n) is 11.2. The summed E-state index contributed by atoms with van der Waals surface area (Å²) < 4.78 is 8.31. The van der Waals surface area contributed by atoms with Crippen molar-refractivity contribution in [2.24, 2.45) is 0 Å². The fourth-order valence-corrected chi connectivity index (χ4v) is 5.24. The van der Waals surface area contributed by atoms with Crippen LogP contribution in [0.15, 0.2) is 79.0 Å². The molecule has 0 spiro atoms. The summed E-state index contributed by atoms with van der Waals surface area (Å²) in [5, 5.41) is 13.3. The van der Waals surface area contributed by atoms with Crippen LogP contribution in [0.2, 0.25) is 0 Å². The van der Waals surface area contributed by atoms with Gasteiger partial charge < -0.3 is 14.4 Å². The number of rotatable bonds is 2. The van der Waals surface area contributed by atoms with Crippen LogP contribution in [-0.4, -0.2) is 19.6 Å². The van der Waals surface area contributed by atoms with Crippen LogP contribution in [0.4, 0.5) is 0 Å². The molecule has 0 radical (unpaired) electrons. The standard InChI is InChI=1S/C29H20N3O2.Pt/c1-29(2)21-8-4-7-20-19-13-12-18(34-25-14-11-17-6-3-10-24(33)26(17)31-25)16-23(19)32(27(20)21)28-22(29)9-5-15-30-28;/h3-15,33H,1-2H3;/q-1;. The van der Waals surface area contributed by atoms with Crippen LogP contribution in [0.1, 0.15) is 25.0 Å². The topological polar surface area (TPSA) is 60.2 Å². The van der Waals surface area contributed by atoms with Crippen LogP contribution in [0.25, 0.3) is 38.5 Å². The minimum Gasteiger partial charge on any atom is -0.506 e. The average molecular weight is 638 g/mol. The average Bonchev–Trinajstić information content (AvgIpc) is 3.18. The molecule has 6 aromatic rings. The van der Waals surface area contributed by atoms with Crippen molar-refractivity contribution in [2.75, 3.05) is 0 Å². The molecule has 35 heavy (non-hydrogen) atoms. The summed E-state index contributed by atoms with van der Waals surface area (Å²) in [5.41, 5.74) is 4.87. The number of fused-ring (bicyclic) bond motifs is 6. The molecule has 0 atom stereocenters. The summed E-state index contributed by atoms with van der Waals surface area (Å²) in [5.74, 6) is 2.01. The van der Waals surface area contributed by atoms with Gasteiger partial charge in [0.05, 0.1) is 0 Å². The van der Waals surface area contributed by atoms with Crippen molar-refractivity contribution in [1.29, 1.82) is 0 Å². The van der Waals surface area contributed by atoms with Crippen molar-refractivity contribution in [1.82, 2.24) is 14.5 Å². The fourth-order valence-electron chi connectivity index (χ4n) is 5.24.